The van der Waals surface area contributed by atoms with Crippen LogP contribution in [-0.4, -0.2) is 21.3 Å². The molecule has 0 saturated heterocycles. The Balaban J connectivity index is 1.59. The lowest BCUT2D eigenvalue weighted by Gasteiger charge is -2.22. The molecule has 0 spiro atoms. The first-order valence-corrected chi connectivity index (χ1v) is 9.40. The second kappa shape index (κ2) is 8.82. The van der Waals surface area contributed by atoms with Gasteiger partial charge in [-0.15, -0.1) is 0 Å². The van der Waals surface area contributed by atoms with Crippen molar-refractivity contribution in [2.24, 2.45) is 13.0 Å². The average molecular weight is 364 g/mol. The highest BCUT2D eigenvalue weighted by molar-refractivity contribution is 5.39. The maximum absolute atomic E-state index is 5.91. The largest absolute Gasteiger partial charge is 0.455 e. The van der Waals surface area contributed by atoms with Crippen molar-refractivity contribution in [3.8, 4) is 11.5 Å². The fourth-order valence-corrected chi connectivity index (χ4v) is 3.27. The first-order chi connectivity index (χ1) is 13.0. The molecule has 0 fully saturated rings. The smallest absolute Gasteiger partial charge is 0.145 e. The molecule has 1 N–H and O–H groups in total. The van der Waals surface area contributed by atoms with Crippen molar-refractivity contribution in [3.63, 3.8) is 0 Å². The topological polar surface area (TPSA) is 52.0 Å². The van der Waals surface area contributed by atoms with E-state index in [9.17, 15) is 0 Å². The van der Waals surface area contributed by atoms with Crippen molar-refractivity contribution in [1.82, 2.24) is 20.1 Å². The van der Waals surface area contributed by atoms with Crippen LogP contribution in [0.25, 0.3) is 0 Å². The van der Waals surface area contributed by atoms with Crippen molar-refractivity contribution in [3.05, 3.63) is 71.8 Å². The van der Waals surface area contributed by atoms with E-state index in [0.29, 0.717) is 11.8 Å². The number of nitrogens with zero attached hydrogens (tertiary/aromatic N) is 3. The first-order valence-electron chi connectivity index (χ1n) is 9.40. The molecule has 2 aromatic heterocycles. The number of aromatic nitrogens is 3. The van der Waals surface area contributed by atoms with Crippen LogP contribution in [-0.2, 0) is 13.6 Å². The van der Waals surface area contributed by atoms with Gasteiger partial charge in [-0.1, -0.05) is 26.0 Å². The number of aryl methyl sites for hydroxylation is 2. The monoisotopic (exact) mass is 364 g/mol. The third-order valence-electron chi connectivity index (χ3n) is 4.84. The van der Waals surface area contributed by atoms with Crippen molar-refractivity contribution in [1.29, 1.82) is 0 Å². The van der Waals surface area contributed by atoms with Crippen LogP contribution in [0.5, 0.6) is 11.5 Å². The maximum Gasteiger partial charge on any atom is 0.145 e. The van der Waals surface area contributed by atoms with Crippen molar-refractivity contribution in [2.45, 2.75) is 33.2 Å². The van der Waals surface area contributed by atoms with Gasteiger partial charge in [0.25, 0.3) is 0 Å². The lowest BCUT2D eigenvalue weighted by Crippen LogP contribution is -2.26. The van der Waals surface area contributed by atoms with Crippen LogP contribution in [0.3, 0.4) is 0 Å². The number of benzene rings is 1. The van der Waals surface area contributed by atoms with Crippen LogP contribution >= 0.6 is 0 Å². The Hall–Kier alpha value is -2.66. The summed E-state index contributed by atoms with van der Waals surface area (Å²) in [6.07, 6.45) is 5.33. The van der Waals surface area contributed by atoms with E-state index in [4.69, 9.17) is 4.74 Å². The molecule has 0 saturated carbocycles. The van der Waals surface area contributed by atoms with Crippen LogP contribution in [0.1, 0.15) is 36.6 Å². The van der Waals surface area contributed by atoms with Gasteiger partial charge in [0.15, 0.2) is 0 Å². The fourth-order valence-electron chi connectivity index (χ4n) is 3.27. The van der Waals surface area contributed by atoms with Gasteiger partial charge in [0, 0.05) is 44.1 Å². The number of ether oxygens (including phenoxy) is 1. The molecule has 2 heterocycles. The maximum atomic E-state index is 5.91. The zero-order valence-electron chi connectivity index (χ0n) is 16.5. The quantitative estimate of drug-likeness (QED) is 0.642. The van der Waals surface area contributed by atoms with E-state index in [2.05, 4.69) is 54.4 Å². The molecular formula is C22H28N4O. The normalized spacial score (nSPS) is 12.3. The Morgan fingerprint density at radius 2 is 2.00 bits per heavy atom. The number of pyridine rings is 1. The van der Waals surface area contributed by atoms with Crippen LogP contribution in [0.15, 0.2) is 55.0 Å². The van der Waals surface area contributed by atoms with Crippen molar-refractivity contribution < 1.29 is 4.74 Å². The van der Waals surface area contributed by atoms with Gasteiger partial charge in [-0.05, 0) is 48.2 Å². The van der Waals surface area contributed by atoms with Gasteiger partial charge in [0.1, 0.15) is 11.5 Å². The van der Waals surface area contributed by atoms with E-state index in [1.54, 1.807) is 12.4 Å². The molecule has 0 aliphatic rings. The fraction of sp³-hybridized carbons (Fsp3) is 0.364. The summed E-state index contributed by atoms with van der Waals surface area (Å²) in [4.78, 5) is 4.09. The third kappa shape index (κ3) is 4.95. The van der Waals surface area contributed by atoms with E-state index >= 15 is 0 Å². The van der Waals surface area contributed by atoms with Gasteiger partial charge in [-0.25, -0.2) is 0 Å². The Morgan fingerprint density at radius 3 is 2.63 bits per heavy atom. The summed E-state index contributed by atoms with van der Waals surface area (Å²) in [5.41, 5.74) is 3.64. The lowest BCUT2D eigenvalue weighted by atomic mass is 9.92. The number of hydrogen-bond donors (Lipinski definition) is 1. The standard InChI is InChI=1S/C22H28N4O/c1-16(2)20(21-9-11-25-26(21)4)15-24-13-18-7-8-22(17(3)12-18)27-19-6-5-10-23-14-19/h5-12,14,16,20,24H,13,15H2,1-4H3/t20-/m1/s1. The predicted octanol–water partition coefficient (Wildman–Crippen LogP) is 4.45. The molecule has 1 aromatic carbocycles. The van der Waals surface area contributed by atoms with Crippen molar-refractivity contribution in [2.75, 3.05) is 6.54 Å². The second-order valence-corrected chi connectivity index (χ2v) is 7.25. The predicted molar refractivity (Wildman–Crippen MR) is 108 cm³/mol. The summed E-state index contributed by atoms with van der Waals surface area (Å²) in [7, 11) is 2.01. The molecule has 0 unspecified atom stereocenters. The molecule has 0 aliphatic carbocycles. The van der Waals surface area contributed by atoms with Gasteiger partial charge < -0.3 is 10.1 Å². The third-order valence-corrected chi connectivity index (χ3v) is 4.84. The van der Waals surface area contributed by atoms with Crippen LogP contribution in [0.2, 0.25) is 0 Å². The lowest BCUT2D eigenvalue weighted by molar-refractivity contribution is 0.436. The van der Waals surface area contributed by atoms with E-state index in [0.717, 1.165) is 30.2 Å². The minimum atomic E-state index is 0.437. The van der Waals surface area contributed by atoms with E-state index < -0.39 is 0 Å². The summed E-state index contributed by atoms with van der Waals surface area (Å²) >= 11 is 0. The van der Waals surface area contributed by atoms with Gasteiger partial charge in [-0.3, -0.25) is 9.67 Å². The molecular weight excluding hydrogens is 336 g/mol. The molecule has 0 amide bonds. The zero-order valence-corrected chi connectivity index (χ0v) is 16.5. The van der Waals surface area contributed by atoms with Gasteiger partial charge in [-0.2, -0.15) is 5.10 Å². The van der Waals surface area contributed by atoms with Gasteiger partial charge >= 0.3 is 0 Å². The average Bonchev–Trinajstić information content (AvgIpc) is 3.07. The summed E-state index contributed by atoms with van der Waals surface area (Å²) < 4.78 is 7.88. The first kappa shape index (κ1) is 19.1. The second-order valence-electron chi connectivity index (χ2n) is 7.25. The highest BCUT2D eigenvalue weighted by atomic mass is 16.5. The van der Waals surface area contributed by atoms with Gasteiger partial charge in [0.2, 0.25) is 0 Å². The Kier molecular flexibility index (Phi) is 6.24. The molecule has 27 heavy (non-hydrogen) atoms. The Labute approximate surface area is 161 Å². The Bertz CT molecular complexity index is 858. The minimum absolute atomic E-state index is 0.437. The summed E-state index contributed by atoms with van der Waals surface area (Å²) in [5, 5.41) is 7.92. The molecule has 0 radical (unpaired) electrons. The molecule has 142 valence electrons. The summed E-state index contributed by atoms with van der Waals surface area (Å²) in [6.45, 7) is 8.34. The SMILES string of the molecule is Cc1cc(CNC[C@@H](c2ccnn2C)C(C)C)ccc1Oc1cccnc1. The molecule has 5 heteroatoms. The van der Waals surface area contributed by atoms with Crippen LogP contribution < -0.4 is 10.1 Å². The molecule has 1 atom stereocenters. The highest BCUT2D eigenvalue weighted by Crippen LogP contribution is 2.26. The molecule has 0 aliphatic heterocycles. The van der Waals surface area contributed by atoms with Crippen molar-refractivity contribution >= 4 is 0 Å². The van der Waals surface area contributed by atoms with E-state index in [-0.39, 0.29) is 0 Å². The van der Waals surface area contributed by atoms with E-state index in [1.807, 2.05) is 36.1 Å². The number of rotatable bonds is 8. The zero-order chi connectivity index (χ0) is 19.2. The molecule has 3 rings (SSSR count). The number of nitrogens with one attached hydrogen (secondary N) is 1. The Morgan fingerprint density at radius 1 is 1.15 bits per heavy atom. The minimum Gasteiger partial charge on any atom is -0.455 e. The van der Waals surface area contributed by atoms with E-state index in [1.165, 1.54) is 11.3 Å². The van der Waals surface area contributed by atoms with Crippen LogP contribution in [0.4, 0.5) is 0 Å². The molecule has 0 bridgehead atoms. The number of hydrogen-bond acceptors (Lipinski definition) is 4. The summed E-state index contributed by atoms with van der Waals surface area (Å²) in [6, 6.07) is 12.2. The molecule has 3 aromatic rings. The summed E-state index contributed by atoms with van der Waals surface area (Å²) in [5.74, 6) is 2.60. The van der Waals surface area contributed by atoms with Gasteiger partial charge in [0.05, 0.1) is 6.20 Å². The highest BCUT2D eigenvalue weighted by Gasteiger charge is 2.18. The molecule has 5 nitrogen and oxygen atoms in total. The van der Waals surface area contributed by atoms with Crippen LogP contribution in [0, 0.1) is 12.8 Å².